The van der Waals surface area contributed by atoms with E-state index in [1.54, 1.807) is 0 Å². The fourth-order valence-corrected chi connectivity index (χ4v) is 3.48. The fourth-order valence-electron chi connectivity index (χ4n) is 3.48. The smallest absolute Gasteiger partial charge is 0.273 e. The maximum Gasteiger partial charge on any atom is 0.273 e. The summed E-state index contributed by atoms with van der Waals surface area (Å²) in [7, 11) is 0. The third kappa shape index (κ3) is 3.04. The Labute approximate surface area is 141 Å². The zero-order valence-corrected chi connectivity index (χ0v) is 13.6. The number of carbonyl (C=O) groups is 1. The van der Waals surface area contributed by atoms with Crippen LogP contribution in [0.2, 0.25) is 0 Å². The predicted octanol–water partition coefficient (Wildman–Crippen LogP) is 3.40. The Hall–Kier alpha value is -2.62. The minimum atomic E-state index is -0.106. The SMILES string of the molecule is O=C1NN=C(CCc2ccccc2)/C1=C\c1cc2c([nH]1)CCCC2. The monoisotopic (exact) mass is 319 g/mol. The molecule has 0 atom stereocenters. The van der Waals surface area contributed by atoms with Crippen molar-refractivity contribution < 1.29 is 4.79 Å². The van der Waals surface area contributed by atoms with E-state index in [4.69, 9.17) is 0 Å². The van der Waals surface area contributed by atoms with E-state index in [9.17, 15) is 4.79 Å². The summed E-state index contributed by atoms with van der Waals surface area (Å²) in [5.74, 6) is -0.106. The van der Waals surface area contributed by atoms with E-state index in [0.717, 1.165) is 37.1 Å². The molecule has 1 amide bonds. The first-order chi connectivity index (χ1) is 11.8. The highest BCUT2D eigenvalue weighted by atomic mass is 16.2. The van der Waals surface area contributed by atoms with Gasteiger partial charge in [-0.1, -0.05) is 30.3 Å². The van der Waals surface area contributed by atoms with Gasteiger partial charge in [0, 0.05) is 11.4 Å². The summed E-state index contributed by atoms with van der Waals surface area (Å²) in [6.07, 6.45) is 8.33. The normalized spacial score (nSPS) is 18.4. The van der Waals surface area contributed by atoms with Gasteiger partial charge in [0.05, 0.1) is 11.3 Å². The lowest BCUT2D eigenvalue weighted by Crippen LogP contribution is -2.13. The van der Waals surface area contributed by atoms with Crippen molar-refractivity contribution in [1.82, 2.24) is 10.4 Å². The van der Waals surface area contributed by atoms with Gasteiger partial charge in [0.25, 0.3) is 5.91 Å². The van der Waals surface area contributed by atoms with Gasteiger partial charge in [-0.2, -0.15) is 5.10 Å². The van der Waals surface area contributed by atoms with Crippen LogP contribution >= 0.6 is 0 Å². The molecule has 1 aromatic heterocycles. The Morgan fingerprint density at radius 1 is 1.08 bits per heavy atom. The van der Waals surface area contributed by atoms with E-state index >= 15 is 0 Å². The Bertz CT molecular complexity index is 791. The third-order valence-electron chi connectivity index (χ3n) is 4.78. The molecule has 24 heavy (non-hydrogen) atoms. The Kier molecular flexibility index (Phi) is 4.03. The topological polar surface area (TPSA) is 57.2 Å². The number of rotatable bonds is 4. The Morgan fingerprint density at radius 2 is 1.92 bits per heavy atom. The lowest BCUT2D eigenvalue weighted by atomic mass is 9.98. The average molecular weight is 319 g/mol. The standard InChI is InChI=1S/C20H21N3O/c24-20-17(13-16-12-15-8-4-5-9-18(15)21-16)19(22-23-20)11-10-14-6-2-1-3-7-14/h1-3,6-7,12-13,21H,4-5,8-11H2,(H,23,24)/b17-13+. The minimum absolute atomic E-state index is 0.106. The number of carbonyl (C=O) groups excluding carboxylic acids is 1. The number of nitrogens with one attached hydrogen (secondary N) is 2. The number of nitrogens with zero attached hydrogens (tertiary/aromatic N) is 1. The summed E-state index contributed by atoms with van der Waals surface area (Å²) in [5, 5.41) is 4.23. The van der Waals surface area contributed by atoms with Gasteiger partial charge >= 0.3 is 0 Å². The first kappa shape index (κ1) is 14.9. The van der Waals surface area contributed by atoms with Gasteiger partial charge < -0.3 is 4.98 Å². The van der Waals surface area contributed by atoms with Crippen LogP contribution in [0.1, 0.15) is 41.8 Å². The van der Waals surface area contributed by atoms with Gasteiger partial charge in [-0.15, -0.1) is 0 Å². The second-order valence-electron chi connectivity index (χ2n) is 6.48. The molecular weight excluding hydrogens is 298 g/mol. The van der Waals surface area contributed by atoms with E-state index in [1.807, 2.05) is 24.3 Å². The average Bonchev–Trinajstić information content (AvgIpc) is 3.18. The van der Waals surface area contributed by atoms with Crippen LogP contribution in [-0.4, -0.2) is 16.6 Å². The molecule has 1 aromatic carbocycles. The fraction of sp³-hybridized carbons (Fsp3) is 0.300. The number of hydrogen-bond acceptors (Lipinski definition) is 2. The first-order valence-electron chi connectivity index (χ1n) is 8.63. The van der Waals surface area contributed by atoms with Gasteiger partial charge in [-0.25, -0.2) is 5.43 Å². The number of hydrogen-bond donors (Lipinski definition) is 2. The molecule has 4 nitrogen and oxygen atoms in total. The Morgan fingerprint density at radius 3 is 2.75 bits per heavy atom. The molecule has 1 aliphatic carbocycles. The molecule has 0 fully saturated rings. The number of aromatic nitrogens is 1. The van der Waals surface area contributed by atoms with Crippen molar-refractivity contribution in [3.63, 3.8) is 0 Å². The number of H-pyrrole nitrogens is 1. The van der Waals surface area contributed by atoms with Gasteiger partial charge in [-0.3, -0.25) is 4.79 Å². The van der Waals surface area contributed by atoms with Gasteiger partial charge in [0.15, 0.2) is 0 Å². The molecule has 122 valence electrons. The van der Waals surface area contributed by atoms with E-state index in [-0.39, 0.29) is 5.91 Å². The van der Waals surface area contributed by atoms with Crippen molar-refractivity contribution in [2.24, 2.45) is 5.10 Å². The molecule has 4 heteroatoms. The van der Waals surface area contributed by atoms with Crippen LogP contribution in [0.4, 0.5) is 0 Å². The minimum Gasteiger partial charge on any atom is -0.359 e. The van der Waals surface area contributed by atoms with Crippen LogP contribution in [-0.2, 0) is 24.1 Å². The molecule has 2 aromatic rings. The van der Waals surface area contributed by atoms with Crippen LogP contribution in [0, 0.1) is 0 Å². The number of aromatic amines is 1. The molecule has 0 radical (unpaired) electrons. The van der Waals surface area contributed by atoms with E-state index in [2.05, 4.69) is 33.7 Å². The van der Waals surface area contributed by atoms with E-state index < -0.39 is 0 Å². The number of aryl methyl sites for hydroxylation is 3. The van der Waals surface area contributed by atoms with Crippen molar-refractivity contribution in [2.45, 2.75) is 38.5 Å². The van der Waals surface area contributed by atoms with Crippen LogP contribution in [0.3, 0.4) is 0 Å². The first-order valence-corrected chi connectivity index (χ1v) is 8.63. The summed E-state index contributed by atoms with van der Waals surface area (Å²) in [6.45, 7) is 0. The highest BCUT2D eigenvalue weighted by Gasteiger charge is 2.23. The molecule has 0 saturated heterocycles. The number of fused-ring (bicyclic) bond motifs is 1. The van der Waals surface area contributed by atoms with Crippen molar-refractivity contribution in [3.8, 4) is 0 Å². The summed E-state index contributed by atoms with van der Waals surface area (Å²) in [5.41, 5.74) is 9.13. The van der Waals surface area contributed by atoms with Crippen LogP contribution < -0.4 is 5.43 Å². The van der Waals surface area contributed by atoms with Crippen LogP contribution in [0.5, 0.6) is 0 Å². The summed E-state index contributed by atoms with van der Waals surface area (Å²) >= 11 is 0. The van der Waals surface area contributed by atoms with Gasteiger partial charge in [0.2, 0.25) is 0 Å². The largest absolute Gasteiger partial charge is 0.359 e. The van der Waals surface area contributed by atoms with Crippen molar-refractivity contribution in [1.29, 1.82) is 0 Å². The molecular formula is C20H21N3O. The summed E-state index contributed by atoms with van der Waals surface area (Å²) < 4.78 is 0. The number of benzene rings is 1. The zero-order chi connectivity index (χ0) is 16.4. The highest BCUT2D eigenvalue weighted by molar-refractivity contribution is 6.27. The predicted molar refractivity (Wildman–Crippen MR) is 95.8 cm³/mol. The number of amides is 1. The third-order valence-corrected chi connectivity index (χ3v) is 4.78. The lowest BCUT2D eigenvalue weighted by Gasteiger charge is -2.08. The lowest BCUT2D eigenvalue weighted by molar-refractivity contribution is -0.116. The van der Waals surface area contributed by atoms with Crippen molar-refractivity contribution in [2.75, 3.05) is 0 Å². The number of hydrazone groups is 1. The molecule has 0 bridgehead atoms. The van der Waals surface area contributed by atoms with Crippen molar-refractivity contribution in [3.05, 3.63) is 64.5 Å². The zero-order valence-electron chi connectivity index (χ0n) is 13.6. The summed E-state index contributed by atoms with van der Waals surface area (Å²) in [4.78, 5) is 15.6. The van der Waals surface area contributed by atoms with Gasteiger partial charge in [-0.05, 0) is 61.8 Å². The molecule has 0 spiro atoms. The molecule has 1 aliphatic heterocycles. The van der Waals surface area contributed by atoms with E-state index in [1.165, 1.54) is 29.7 Å². The maximum atomic E-state index is 12.1. The second-order valence-corrected chi connectivity index (χ2v) is 6.48. The molecule has 4 rings (SSSR count). The molecule has 2 N–H and O–H groups in total. The van der Waals surface area contributed by atoms with Crippen LogP contribution in [0.15, 0.2) is 47.1 Å². The Balaban J connectivity index is 1.53. The quantitative estimate of drug-likeness (QED) is 0.834. The summed E-state index contributed by atoms with van der Waals surface area (Å²) in [6, 6.07) is 12.5. The van der Waals surface area contributed by atoms with E-state index in [0.29, 0.717) is 5.57 Å². The molecule has 2 heterocycles. The highest BCUT2D eigenvalue weighted by Crippen LogP contribution is 2.24. The van der Waals surface area contributed by atoms with Gasteiger partial charge in [0.1, 0.15) is 0 Å². The molecule has 0 unspecified atom stereocenters. The second kappa shape index (κ2) is 6.48. The molecule has 0 saturated carbocycles. The molecule has 2 aliphatic rings. The maximum absolute atomic E-state index is 12.1. The van der Waals surface area contributed by atoms with Crippen LogP contribution in [0.25, 0.3) is 6.08 Å². The van der Waals surface area contributed by atoms with Crippen molar-refractivity contribution >= 4 is 17.7 Å².